The average molecular weight is 212 g/mol. The van der Waals surface area contributed by atoms with Crippen LogP contribution in [0.2, 0.25) is 0 Å². The third-order valence-corrected chi connectivity index (χ3v) is 3.35. The van der Waals surface area contributed by atoms with E-state index in [1.54, 1.807) is 0 Å². The minimum Gasteiger partial charge on any atom is -0.336 e. The summed E-state index contributed by atoms with van der Waals surface area (Å²) in [6, 6.07) is -0.290. The molecule has 1 heterocycles. The summed E-state index contributed by atoms with van der Waals surface area (Å²) in [5, 5.41) is 0. The minimum absolute atomic E-state index is 0.0148. The number of amides is 1. The van der Waals surface area contributed by atoms with Gasteiger partial charge in [-0.1, -0.05) is 19.8 Å². The number of unbranched alkanes of at least 4 members (excludes halogenated alkanes) is 1. The maximum absolute atomic E-state index is 12.1. The molecule has 0 saturated carbocycles. The van der Waals surface area contributed by atoms with Crippen molar-refractivity contribution in [3.63, 3.8) is 0 Å². The summed E-state index contributed by atoms with van der Waals surface area (Å²) in [7, 11) is 0. The molecule has 1 amide bonds. The molecule has 0 bridgehead atoms. The molecular formula is C12H24N2O. The molecule has 1 fully saturated rings. The number of rotatable bonds is 4. The molecule has 1 saturated heterocycles. The number of nitrogens with two attached hydrogens (primary N) is 1. The zero-order chi connectivity index (χ0) is 11.5. The van der Waals surface area contributed by atoms with Crippen molar-refractivity contribution in [1.82, 2.24) is 4.90 Å². The lowest BCUT2D eigenvalue weighted by molar-refractivity contribution is -0.135. The molecule has 1 unspecified atom stereocenters. The minimum atomic E-state index is -0.290. The number of likely N-dealkylation sites (tertiary alicyclic amines) is 1. The van der Waals surface area contributed by atoms with Gasteiger partial charge in [-0.05, 0) is 33.1 Å². The number of hydrogen-bond donors (Lipinski definition) is 1. The maximum Gasteiger partial charge on any atom is 0.239 e. The van der Waals surface area contributed by atoms with Crippen LogP contribution in [0, 0.1) is 0 Å². The lowest BCUT2D eigenvalue weighted by atomic mass is 10.0. The second-order valence-electron chi connectivity index (χ2n) is 5.15. The molecule has 0 radical (unpaired) electrons. The van der Waals surface area contributed by atoms with Crippen molar-refractivity contribution in [2.75, 3.05) is 6.54 Å². The van der Waals surface area contributed by atoms with Gasteiger partial charge in [0.1, 0.15) is 0 Å². The fourth-order valence-corrected chi connectivity index (χ4v) is 2.26. The first-order chi connectivity index (χ1) is 6.99. The van der Waals surface area contributed by atoms with Gasteiger partial charge in [0.25, 0.3) is 0 Å². The lowest BCUT2D eigenvalue weighted by Gasteiger charge is -2.33. The molecule has 1 rings (SSSR count). The Morgan fingerprint density at radius 1 is 1.53 bits per heavy atom. The van der Waals surface area contributed by atoms with Gasteiger partial charge in [-0.25, -0.2) is 0 Å². The van der Waals surface area contributed by atoms with Crippen LogP contribution >= 0.6 is 0 Å². The van der Waals surface area contributed by atoms with Crippen molar-refractivity contribution >= 4 is 5.91 Å². The van der Waals surface area contributed by atoms with Gasteiger partial charge in [-0.2, -0.15) is 0 Å². The highest BCUT2D eigenvalue weighted by Gasteiger charge is 2.36. The summed E-state index contributed by atoms with van der Waals surface area (Å²) >= 11 is 0. The maximum atomic E-state index is 12.1. The first-order valence-electron chi connectivity index (χ1n) is 6.06. The number of carbonyl (C=O) groups excluding carboxylic acids is 1. The molecule has 88 valence electrons. The number of hydrogen-bond acceptors (Lipinski definition) is 2. The molecule has 2 N–H and O–H groups in total. The molecular weight excluding hydrogens is 188 g/mol. The summed E-state index contributed by atoms with van der Waals surface area (Å²) < 4.78 is 0. The first kappa shape index (κ1) is 12.5. The smallest absolute Gasteiger partial charge is 0.239 e. The number of nitrogens with zero attached hydrogens (tertiary/aromatic N) is 1. The molecule has 3 nitrogen and oxygen atoms in total. The van der Waals surface area contributed by atoms with Crippen molar-refractivity contribution in [3.8, 4) is 0 Å². The predicted octanol–water partition coefficient (Wildman–Crippen LogP) is 1.90. The molecule has 1 atom stereocenters. The van der Waals surface area contributed by atoms with Crippen LogP contribution in [0.5, 0.6) is 0 Å². The molecule has 1 aliphatic heterocycles. The third-order valence-electron chi connectivity index (χ3n) is 3.35. The van der Waals surface area contributed by atoms with Gasteiger partial charge >= 0.3 is 0 Å². The van der Waals surface area contributed by atoms with Crippen LogP contribution < -0.4 is 5.73 Å². The Bertz CT molecular complexity index is 226. The van der Waals surface area contributed by atoms with Gasteiger partial charge in [-0.3, -0.25) is 4.79 Å². The normalized spacial score (nSPS) is 21.7. The van der Waals surface area contributed by atoms with Gasteiger partial charge in [-0.15, -0.1) is 0 Å². The summed E-state index contributed by atoms with van der Waals surface area (Å²) in [4.78, 5) is 14.0. The van der Waals surface area contributed by atoms with Crippen molar-refractivity contribution in [1.29, 1.82) is 0 Å². The SMILES string of the molecule is CCCCC(N)C(=O)N1CCCC1(C)C. The molecule has 0 aromatic rings. The van der Waals surface area contributed by atoms with E-state index in [4.69, 9.17) is 5.73 Å². The van der Waals surface area contributed by atoms with Crippen molar-refractivity contribution in [3.05, 3.63) is 0 Å². The highest BCUT2D eigenvalue weighted by Crippen LogP contribution is 2.28. The molecule has 0 aromatic heterocycles. The monoisotopic (exact) mass is 212 g/mol. The zero-order valence-corrected chi connectivity index (χ0v) is 10.3. The highest BCUT2D eigenvalue weighted by atomic mass is 16.2. The van der Waals surface area contributed by atoms with Crippen LogP contribution in [0.25, 0.3) is 0 Å². The van der Waals surface area contributed by atoms with Crippen molar-refractivity contribution < 1.29 is 4.79 Å². The molecule has 0 aliphatic carbocycles. The van der Waals surface area contributed by atoms with Gasteiger partial charge in [0, 0.05) is 12.1 Å². The Morgan fingerprint density at radius 3 is 2.67 bits per heavy atom. The molecule has 3 heteroatoms. The topological polar surface area (TPSA) is 46.3 Å². The quantitative estimate of drug-likeness (QED) is 0.773. The largest absolute Gasteiger partial charge is 0.336 e. The van der Waals surface area contributed by atoms with Crippen LogP contribution in [0.3, 0.4) is 0 Å². The van der Waals surface area contributed by atoms with E-state index in [1.807, 2.05) is 4.90 Å². The van der Waals surface area contributed by atoms with E-state index >= 15 is 0 Å². The summed E-state index contributed by atoms with van der Waals surface area (Å²) in [6.45, 7) is 7.26. The van der Waals surface area contributed by atoms with Gasteiger partial charge in [0.05, 0.1) is 6.04 Å². The van der Waals surface area contributed by atoms with E-state index in [-0.39, 0.29) is 17.5 Å². The Kier molecular flexibility index (Phi) is 4.14. The van der Waals surface area contributed by atoms with Crippen LogP contribution in [0.15, 0.2) is 0 Å². The summed E-state index contributed by atoms with van der Waals surface area (Å²) in [5.74, 6) is 0.144. The van der Waals surface area contributed by atoms with E-state index < -0.39 is 0 Å². The second-order valence-corrected chi connectivity index (χ2v) is 5.15. The average Bonchev–Trinajstić information content (AvgIpc) is 2.53. The Labute approximate surface area is 93.0 Å². The number of carbonyl (C=O) groups is 1. The van der Waals surface area contributed by atoms with Gasteiger partial charge < -0.3 is 10.6 Å². The standard InChI is InChI=1S/C12H24N2O/c1-4-5-7-10(13)11(15)14-9-6-8-12(14,2)3/h10H,4-9,13H2,1-3H3. The van der Waals surface area contributed by atoms with Gasteiger partial charge in [0.15, 0.2) is 0 Å². The Hall–Kier alpha value is -0.570. The molecule has 0 spiro atoms. The predicted molar refractivity (Wildman–Crippen MR) is 62.5 cm³/mol. The van der Waals surface area contributed by atoms with Gasteiger partial charge in [0.2, 0.25) is 5.91 Å². The van der Waals surface area contributed by atoms with Crippen molar-refractivity contribution in [2.45, 2.75) is 64.5 Å². The van der Waals surface area contributed by atoms with Crippen LogP contribution in [0.4, 0.5) is 0 Å². The summed E-state index contributed by atoms with van der Waals surface area (Å²) in [6.07, 6.45) is 5.17. The van der Waals surface area contributed by atoms with E-state index in [9.17, 15) is 4.79 Å². The molecule has 0 aromatic carbocycles. The lowest BCUT2D eigenvalue weighted by Crippen LogP contribution is -2.50. The van der Waals surface area contributed by atoms with E-state index in [0.29, 0.717) is 0 Å². The van der Waals surface area contributed by atoms with E-state index in [1.165, 1.54) is 0 Å². The Balaban J connectivity index is 2.52. The Morgan fingerprint density at radius 2 is 2.20 bits per heavy atom. The molecule has 15 heavy (non-hydrogen) atoms. The fraction of sp³-hybridized carbons (Fsp3) is 0.917. The van der Waals surface area contributed by atoms with E-state index in [0.717, 1.165) is 38.6 Å². The van der Waals surface area contributed by atoms with Crippen LogP contribution in [-0.2, 0) is 4.79 Å². The van der Waals surface area contributed by atoms with Crippen molar-refractivity contribution in [2.24, 2.45) is 5.73 Å². The second kappa shape index (κ2) is 4.97. The van der Waals surface area contributed by atoms with Crippen LogP contribution in [-0.4, -0.2) is 28.9 Å². The fourth-order valence-electron chi connectivity index (χ4n) is 2.26. The third kappa shape index (κ3) is 2.94. The molecule has 1 aliphatic rings. The first-order valence-corrected chi connectivity index (χ1v) is 6.06. The zero-order valence-electron chi connectivity index (χ0n) is 10.3. The highest BCUT2D eigenvalue weighted by molar-refractivity contribution is 5.82. The van der Waals surface area contributed by atoms with Crippen LogP contribution in [0.1, 0.15) is 52.9 Å². The summed E-state index contributed by atoms with van der Waals surface area (Å²) in [5.41, 5.74) is 5.93. The van der Waals surface area contributed by atoms with E-state index in [2.05, 4.69) is 20.8 Å².